The molecule has 108 valence electrons. The van der Waals surface area contributed by atoms with Crippen molar-refractivity contribution in [2.24, 2.45) is 17.6 Å². The lowest BCUT2D eigenvalue weighted by Gasteiger charge is -2.25. The molecular weight excluding hydrogens is 226 g/mol. The standard InChI is InChI=1S/C14H31N3O/c1-11(2)9-13(10-17(4)5)16-14(18)12(3)7-6-8-15/h11-13H,6-10,15H2,1-5H3,(H,16,18). The van der Waals surface area contributed by atoms with E-state index in [2.05, 4.69) is 24.1 Å². The summed E-state index contributed by atoms with van der Waals surface area (Å²) in [7, 11) is 4.08. The van der Waals surface area contributed by atoms with Gasteiger partial charge >= 0.3 is 0 Å². The molecule has 0 spiro atoms. The minimum atomic E-state index is 0.0605. The maximum Gasteiger partial charge on any atom is 0.223 e. The molecular formula is C14H31N3O. The molecule has 0 aromatic heterocycles. The SMILES string of the molecule is CC(C)CC(CN(C)C)NC(=O)C(C)CCCN. The summed E-state index contributed by atoms with van der Waals surface area (Å²) < 4.78 is 0. The number of nitrogens with one attached hydrogen (secondary N) is 1. The number of hydrogen-bond acceptors (Lipinski definition) is 3. The van der Waals surface area contributed by atoms with Gasteiger partial charge in [-0.2, -0.15) is 0 Å². The number of amides is 1. The van der Waals surface area contributed by atoms with Gasteiger partial charge in [-0.1, -0.05) is 20.8 Å². The number of likely N-dealkylation sites (N-methyl/N-ethyl adjacent to an activating group) is 1. The van der Waals surface area contributed by atoms with Crippen LogP contribution in [0.1, 0.15) is 40.0 Å². The molecule has 0 aromatic carbocycles. The Labute approximate surface area is 112 Å². The lowest BCUT2D eigenvalue weighted by molar-refractivity contribution is -0.125. The number of carbonyl (C=O) groups excluding carboxylic acids is 1. The molecule has 0 radical (unpaired) electrons. The van der Waals surface area contributed by atoms with Crippen molar-refractivity contribution in [2.75, 3.05) is 27.2 Å². The van der Waals surface area contributed by atoms with Crippen LogP contribution in [0.25, 0.3) is 0 Å². The number of hydrogen-bond donors (Lipinski definition) is 2. The lowest BCUT2D eigenvalue weighted by atomic mass is 10.0. The van der Waals surface area contributed by atoms with E-state index in [1.807, 2.05) is 21.0 Å². The Morgan fingerprint density at radius 3 is 2.33 bits per heavy atom. The van der Waals surface area contributed by atoms with Gasteiger partial charge in [0.05, 0.1) is 0 Å². The Bertz CT molecular complexity index is 219. The van der Waals surface area contributed by atoms with Crippen LogP contribution in [-0.2, 0) is 4.79 Å². The van der Waals surface area contributed by atoms with Gasteiger partial charge in [-0.3, -0.25) is 4.79 Å². The van der Waals surface area contributed by atoms with Crippen molar-refractivity contribution in [3.05, 3.63) is 0 Å². The van der Waals surface area contributed by atoms with Crippen LogP contribution in [-0.4, -0.2) is 44.0 Å². The Kier molecular flexibility index (Phi) is 9.02. The quantitative estimate of drug-likeness (QED) is 0.657. The third-order valence-corrected chi connectivity index (χ3v) is 2.98. The van der Waals surface area contributed by atoms with Crippen molar-refractivity contribution in [1.82, 2.24) is 10.2 Å². The summed E-state index contributed by atoms with van der Waals surface area (Å²) >= 11 is 0. The molecule has 0 aromatic rings. The zero-order valence-electron chi connectivity index (χ0n) is 12.7. The molecule has 0 aliphatic heterocycles. The first-order valence-electron chi connectivity index (χ1n) is 7.02. The third-order valence-electron chi connectivity index (χ3n) is 2.98. The fraction of sp³-hybridized carbons (Fsp3) is 0.929. The number of rotatable bonds is 9. The fourth-order valence-corrected chi connectivity index (χ4v) is 2.09. The van der Waals surface area contributed by atoms with Gasteiger partial charge in [-0.25, -0.2) is 0 Å². The van der Waals surface area contributed by atoms with Gasteiger partial charge < -0.3 is 16.0 Å². The molecule has 1 amide bonds. The van der Waals surface area contributed by atoms with E-state index in [1.165, 1.54) is 0 Å². The van der Waals surface area contributed by atoms with Crippen molar-refractivity contribution < 1.29 is 4.79 Å². The second kappa shape index (κ2) is 9.34. The summed E-state index contributed by atoms with van der Waals surface area (Å²) in [6, 6.07) is 0.243. The summed E-state index contributed by atoms with van der Waals surface area (Å²) in [4.78, 5) is 14.2. The summed E-state index contributed by atoms with van der Waals surface area (Å²) in [5.41, 5.74) is 5.47. The van der Waals surface area contributed by atoms with Crippen LogP contribution in [0, 0.1) is 11.8 Å². The predicted octanol–water partition coefficient (Wildman–Crippen LogP) is 1.45. The predicted molar refractivity (Wildman–Crippen MR) is 77.4 cm³/mol. The van der Waals surface area contributed by atoms with E-state index in [9.17, 15) is 4.79 Å². The van der Waals surface area contributed by atoms with Crippen molar-refractivity contribution >= 4 is 5.91 Å². The van der Waals surface area contributed by atoms with Gasteiger partial charge in [0.15, 0.2) is 0 Å². The van der Waals surface area contributed by atoms with Crippen molar-refractivity contribution in [1.29, 1.82) is 0 Å². The highest BCUT2D eigenvalue weighted by Crippen LogP contribution is 2.09. The minimum Gasteiger partial charge on any atom is -0.352 e. The highest BCUT2D eigenvalue weighted by atomic mass is 16.1. The Morgan fingerprint density at radius 2 is 1.89 bits per heavy atom. The summed E-state index contributed by atoms with van der Waals surface area (Å²) in [5.74, 6) is 0.816. The van der Waals surface area contributed by atoms with E-state index in [0.29, 0.717) is 12.5 Å². The van der Waals surface area contributed by atoms with Crippen LogP contribution >= 0.6 is 0 Å². The molecule has 2 atom stereocenters. The van der Waals surface area contributed by atoms with Crippen LogP contribution in [0.4, 0.5) is 0 Å². The van der Waals surface area contributed by atoms with Crippen molar-refractivity contribution in [2.45, 2.75) is 46.1 Å². The van der Waals surface area contributed by atoms with E-state index in [0.717, 1.165) is 25.8 Å². The number of nitrogens with zero attached hydrogens (tertiary/aromatic N) is 1. The third kappa shape index (κ3) is 8.48. The fourth-order valence-electron chi connectivity index (χ4n) is 2.09. The first-order valence-corrected chi connectivity index (χ1v) is 7.02. The maximum atomic E-state index is 12.1. The van der Waals surface area contributed by atoms with Crippen LogP contribution < -0.4 is 11.1 Å². The largest absolute Gasteiger partial charge is 0.352 e. The monoisotopic (exact) mass is 257 g/mol. The van der Waals surface area contributed by atoms with E-state index >= 15 is 0 Å². The zero-order valence-corrected chi connectivity index (χ0v) is 12.7. The van der Waals surface area contributed by atoms with E-state index in [1.54, 1.807) is 0 Å². The van der Waals surface area contributed by atoms with Gasteiger partial charge in [-0.15, -0.1) is 0 Å². The molecule has 2 unspecified atom stereocenters. The minimum absolute atomic E-state index is 0.0605. The Morgan fingerprint density at radius 1 is 1.28 bits per heavy atom. The second-order valence-electron chi connectivity index (χ2n) is 5.93. The average Bonchev–Trinajstić information content (AvgIpc) is 2.23. The highest BCUT2D eigenvalue weighted by molar-refractivity contribution is 5.78. The van der Waals surface area contributed by atoms with Gasteiger partial charge in [0.1, 0.15) is 0 Å². The first-order chi connectivity index (χ1) is 8.36. The number of carbonyl (C=O) groups is 1. The topological polar surface area (TPSA) is 58.4 Å². The Balaban J connectivity index is 4.24. The summed E-state index contributed by atoms with van der Waals surface area (Å²) in [6.07, 6.45) is 2.81. The van der Waals surface area contributed by atoms with Gasteiger partial charge in [0.2, 0.25) is 5.91 Å². The van der Waals surface area contributed by atoms with Gasteiger partial charge in [0.25, 0.3) is 0 Å². The number of nitrogens with two attached hydrogens (primary N) is 1. The molecule has 4 heteroatoms. The summed E-state index contributed by atoms with van der Waals surface area (Å²) in [5, 5.41) is 3.17. The molecule has 0 fully saturated rings. The molecule has 0 saturated carbocycles. The van der Waals surface area contributed by atoms with E-state index in [4.69, 9.17) is 5.73 Å². The Hall–Kier alpha value is -0.610. The average molecular weight is 257 g/mol. The molecule has 0 aliphatic rings. The van der Waals surface area contributed by atoms with E-state index in [-0.39, 0.29) is 17.9 Å². The zero-order chi connectivity index (χ0) is 14.1. The molecule has 0 aliphatic carbocycles. The van der Waals surface area contributed by atoms with Crippen LogP contribution in [0.5, 0.6) is 0 Å². The van der Waals surface area contributed by atoms with Crippen molar-refractivity contribution in [3.63, 3.8) is 0 Å². The smallest absolute Gasteiger partial charge is 0.223 e. The van der Waals surface area contributed by atoms with Crippen molar-refractivity contribution in [3.8, 4) is 0 Å². The molecule has 0 heterocycles. The van der Waals surface area contributed by atoms with E-state index < -0.39 is 0 Å². The summed E-state index contributed by atoms with van der Waals surface area (Å²) in [6.45, 7) is 7.91. The lowest BCUT2D eigenvalue weighted by Crippen LogP contribution is -2.44. The second-order valence-corrected chi connectivity index (χ2v) is 5.93. The first kappa shape index (κ1) is 17.4. The molecule has 0 bridgehead atoms. The molecule has 3 N–H and O–H groups in total. The van der Waals surface area contributed by atoms with Crippen LogP contribution in [0.3, 0.4) is 0 Å². The maximum absolute atomic E-state index is 12.1. The highest BCUT2D eigenvalue weighted by Gasteiger charge is 2.18. The van der Waals surface area contributed by atoms with Crippen LogP contribution in [0.2, 0.25) is 0 Å². The molecule has 0 saturated heterocycles. The molecule has 0 rings (SSSR count). The normalized spacial score (nSPS) is 14.9. The van der Waals surface area contributed by atoms with Crippen LogP contribution in [0.15, 0.2) is 0 Å². The molecule has 4 nitrogen and oxygen atoms in total. The van der Waals surface area contributed by atoms with Gasteiger partial charge in [0, 0.05) is 18.5 Å². The molecule has 18 heavy (non-hydrogen) atoms. The van der Waals surface area contributed by atoms with Gasteiger partial charge in [-0.05, 0) is 45.8 Å².